The lowest BCUT2D eigenvalue weighted by Crippen LogP contribution is -2.40. The molecule has 0 unspecified atom stereocenters. The molecule has 17 heavy (non-hydrogen) atoms. The molecule has 0 saturated carbocycles. The first-order chi connectivity index (χ1) is 8.34. The van der Waals surface area contributed by atoms with Gasteiger partial charge in [0.05, 0.1) is 5.52 Å². The van der Waals surface area contributed by atoms with E-state index < -0.39 is 0 Å². The molecule has 3 rings (SSSR count). The van der Waals surface area contributed by atoms with Crippen LogP contribution in [0.1, 0.15) is 12.8 Å². The van der Waals surface area contributed by atoms with Crippen LogP contribution in [0.3, 0.4) is 0 Å². The summed E-state index contributed by atoms with van der Waals surface area (Å²) in [5, 5.41) is 0. The van der Waals surface area contributed by atoms with Crippen LogP contribution in [0.25, 0.3) is 11.0 Å². The number of nitrogens with zero attached hydrogens (tertiary/aromatic N) is 4. The summed E-state index contributed by atoms with van der Waals surface area (Å²) in [5.41, 5.74) is 7.69. The molecule has 88 valence electrons. The first-order valence-corrected chi connectivity index (χ1v) is 5.91. The molecule has 1 fully saturated rings. The number of fused-ring (bicyclic) bond motifs is 1. The van der Waals surface area contributed by atoms with Crippen LogP contribution in [0.4, 0.5) is 5.82 Å². The van der Waals surface area contributed by atoms with Gasteiger partial charge in [0.2, 0.25) is 0 Å². The van der Waals surface area contributed by atoms with Crippen molar-refractivity contribution in [3.8, 4) is 0 Å². The Morgan fingerprint density at radius 2 is 1.82 bits per heavy atom. The van der Waals surface area contributed by atoms with E-state index >= 15 is 0 Å². The molecule has 0 aliphatic carbocycles. The van der Waals surface area contributed by atoms with Gasteiger partial charge < -0.3 is 10.6 Å². The van der Waals surface area contributed by atoms with E-state index in [2.05, 4.69) is 19.9 Å². The van der Waals surface area contributed by atoms with E-state index in [0.29, 0.717) is 6.04 Å². The predicted molar refractivity (Wildman–Crippen MR) is 66.8 cm³/mol. The number of piperidine rings is 1. The average Bonchev–Trinajstić information content (AvgIpc) is 2.39. The molecule has 2 N–H and O–H groups in total. The zero-order valence-electron chi connectivity index (χ0n) is 9.58. The number of aromatic nitrogens is 3. The molecule has 1 saturated heterocycles. The monoisotopic (exact) mass is 229 g/mol. The minimum Gasteiger partial charge on any atom is -0.355 e. The van der Waals surface area contributed by atoms with E-state index in [4.69, 9.17) is 5.73 Å². The van der Waals surface area contributed by atoms with Crippen molar-refractivity contribution in [1.82, 2.24) is 15.0 Å². The first kappa shape index (κ1) is 10.4. The highest BCUT2D eigenvalue weighted by Crippen LogP contribution is 2.23. The van der Waals surface area contributed by atoms with E-state index in [9.17, 15) is 0 Å². The van der Waals surface area contributed by atoms with Gasteiger partial charge in [-0.25, -0.2) is 9.97 Å². The Kier molecular flexibility index (Phi) is 2.60. The number of nitrogens with two attached hydrogens (primary N) is 1. The Morgan fingerprint density at radius 3 is 2.65 bits per heavy atom. The molecule has 5 heteroatoms. The second kappa shape index (κ2) is 4.25. The maximum absolute atomic E-state index is 5.91. The molecule has 0 aromatic carbocycles. The third-order valence-electron chi connectivity index (χ3n) is 3.21. The molecule has 1 aliphatic rings. The summed E-state index contributed by atoms with van der Waals surface area (Å²) in [6.45, 7) is 1.90. The normalized spacial score (nSPS) is 17.6. The van der Waals surface area contributed by atoms with Crippen molar-refractivity contribution in [1.29, 1.82) is 0 Å². The SMILES string of the molecule is NC1CCN(c2nccc3nccnc23)CC1. The summed E-state index contributed by atoms with van der Waals surface area (Å²) < 4.78 is 0. The smallest absolute Gasteiger partial charge is 0.156 e. The van der Waals surface area contributed by atoms with Gasteiger partial charge in [0.15, 0.2) is 5.82 Å². The zero-order chi connectivity index (χ0) is 11.7. The molecule has 1 aliphatic heterocycles. The number of pyridine rings is 1. The van der Waals surface area contributed by atoms with E-state index in [1.54, 1.807) is 18.6 Å². The van der Waals surface area contributed by atoms with E-state index in [-0.39, 0.29) is 0 Å². The number of anilines is 1. The molecule has 3 heterocycles. The van der Waals surface area contributed by atoms with Crippen LogP contribution < -0.4 is 10.6 Å². The van der Waals surface area contributed by atoms with Gasteiger partial charge in [-0.3, -0.25) is 4.98 Å². The van der Waals surface area contributed by atoms with Crippen LogP contribution in [-0.4, -0.2) is 34.1 Å². The second-order valence-electron chi connectivity index (χ2n) is 4.38. The topological polar surface area (TPSA) is 67.9 Å². The van der Waals surface area contributed by atoms with E-state index in [1.165, 1.54) is 0 Å². The van der Waals surface area contributed by atoms with Gasteiger partial charge in [-0.05, 0) is 18.9 Å². The summed E-state index contributed by atoms with van der Waals surface area (Å²) in [6, 6.07) is 2.22. The third kappa shape index (κ3) is 1.93. The number of hydrogen-bond acceptors (Lipinski definition) is 5. The van der Waals surface area contributed by atoms with Gasteiger partial charge in [0.1, 0.15) is 5.52 Å². The second-order valence-corrected chi connectivity index (χ2v) is 4.38. The first-order valence-electron chi connectivity index (χ1n) is 5.91. The highest BCUT2D eigenvalue weighted by molar-refractivity contribution is 5.85. The van der Waals surface area contributed by atoms with Gasteiger partial charge in [-0.15, -0.1) is 0 Å². The van der Waals surface area contributed by atoms with Crippen molar-refractivity contribution in [3.05, 3.63) is 24.7 Å². The number of hydrogen-bond donors (Lipinski definition) is 1. The molecule has 0 bridgehead atoms. The lowest BCUT2D eigenvalue weighted by Gasteiger charge is -2.31. The summed E-state index contributed by atoms with van der Waals surface area (Å²) in [5.74, 6) is 0.933. The molecule has 0 atom stereocenters. The molecular formula is C12H15N5. The van der Waals surface area contributed by atoms with Crippen LogP contribution in [0.2, 0.25) is 0 Å². The van der Waals surface area contributed by atoms with Crippen LogP contribution >= 0.6 is 0 Å². The average molecular weight is 229 g/mol. The van der Waals surface area contributed by atoms with Crippen LogP contribution in [0.15, 0.2) is 24.7 Å². The van der Waals surface area contributed by atoms with Crippen molar-refractivity contribution in [2.75, 3.05) is 18.0 Å². The Labute approximate surface area is 99.7 Å². The molecule has 0 radical (unpaired) electrons. The zero-order valence-corrected chi connectivity index (χ0v) is 9.58. The van der Waals surface area contributed by atoms with Crippen LogP contribution in [0, 0.1) is 0 Å². The van der Waals surface area contributed by atoms with Gasteiger partial charge >= 0.3 is 0 Å². The Bertz CT molecular complexity index is 514. The predicted octanol–water partition coefficient (Wildman–Crippen LogP) is 0.952. The fourth-order valence-electron chi connectivity index (χ4n) is 2.23. The van der Waals surface area contributed by atoms with Gasteiger partial charge in [-0.1, -0.05) is 0 Å². The standard InChI is InChI=1S/C12H15N5/c13-9-2-7-17(8-3-9)12-11-10(1-4-16-12)14-5-6-15-11/h1,4-6,9H,2-3,7-8,13H2. The molecule has 0 spiro atoms. The Hall–Kier alpha value is -1.75. The lowest BCUT2D eigenvalue weighted by atomic mass is 10.1. The molecule has 0 amide bonds. The van der Waals surface area contributed by atoms with Gasteiger partial charge in [0, 0.05) is 37.7 Å². The molecule has 5 nitrogen and oxygen atoms in total. The van der Waals surface area contributed by atoms with Crippen molar-refractivity contribution < 1.29 is 0 Å². The third-order valence-corrected chi connectivity index (χ3v) is 3.21. The summed E-state index contributed by atoms with van der Waals surface area (Å²) >= 11 is 0. The van der Waals surface area contributed by atoms with E-state index in [1.807, 2.05) is 6.07 Å². The van der Waals surface area contributed by atoms with Gasteiger partial charge in [-0.2, -0.15) is 0 Å². The Balaban J connectivity index is 2.00. The van der Waals surface area contributed by atoms with Crippen LogP contribution in [-0.2, 0) is 0 Å². The minimum atomic E-state index is 0.326. The maximum Gasteiger partial charge on any atom is 0.156 e. The summed E-state index contributed by atoms with van der Waals surface area (Å²) in [4.78, 5) is 15.4. The molecule has 2 aromatic heterocycles. The lowest BCUT2D eigenvalue weighted by molar-refractivity contribution is 0.499. The Morgan fingerprint density at radius 1 is 1.06 bits per heavy atom. The number of rotatable bonds is 1. The fourth-order valence-corrected chi connectivity index (χ4v) is 2.23. The van der Waals surface area contributed by atoms with Crippen molar-refractivity contribution in [2.45, 2.75) is 18.9 Å². The minimum absolute atomic E-state index is 0.326. The highest BCUT2D eigenvalue weighted by atomic mass is 15.2. The van der Waals surface area contributed by atoms with Crippen LogP contribution in [0.5, 0.6) is 0 Å². The fraction of sp³-hybridized carbons (Fsp3) is 0.417. The van der Waals surface area contributed by atoms with Crippen molar-refractivity contribution >= 4 is 16.9 Å². The molecular weight excluding hydrogens is 214 g/mol. The quantitative estimate of drug-likeness (QED) is 0.788. The largest absolute Gasteiger partial charge is 0.355 e. The summed E-state index contributed by atoms with van der Waals surface area (Å²) in [6.07, 6.45) is 7.24. The highest BCUT2D eigenvalue weighted by Gasteiger charge is 2.19. The maximum atomic E-state index is 5.91. The summed E-state index contributed by atoms with van der Waals surface area (Å²) in [7, 11) is 0. The van der Waals surface area contributed by atoms with Crippen molar-refractivity contribution in [3.63, 3.8) is 0 Å². The van der Waals surface area contributed by atoms with E-state index in [0.717, 1.165) is 42.8 Å². The molecule has 2 aromatic rings. The van der Waals surface area contributed by atoms with Crippen molar-refractivity contribution in [2.24, 2.45) is 5.73 Å². The van der Waals surface area contributed by atoms with Gasteiger partial charge in [0.25, 0.3) is 0 Å².